The molecule has 3 aromatic carbocycles. The number of nitro groups is 1. The third-order valence-corrected chi connectivity index (χ3v) is 7.50. The van der Waals surface area contributed by atoms with Gasteiger partial charge in [-0.05, 0) is 48.9 Å². The number of carbonyl (C=O) groups is 1. The third-order valence-electron chi connectivity index (χ3n) is 5.60. The molecule has 0 N–H and O–H groups in total. The largest absolute Gasteiger partial charge is 0.493 e. The first kappa shape index (κ1) is 26.4. The molecule has 4 aromatic rings. The average Bonchev–Trinajstić information content (AvgIpc) is 3.25. The molecular weight excluding hydrogens is 514 g/mol. The Morgan fingerprint density at radius 2 is 1.63 bits per heavy atom. The maximum Gasteiger partial charge on any atom is 0.317 e. The van der Waals surface area contributed by atoms with Crippen LogP contribution in [0, 0.1) is 17.0 Å². The number of hydrogen-bond acceptors (Lipinski definition) is 9. The van der Waals surface area contributed by atoms with Crippen LogP contribution in [0.3, 0.4) is 0 Å². The second-order valence-electron chi connectivity index (χ2n) is 8.06. The summed E-state index contributed by atoms with van der Waals surface area (Å²) < 4.78 is 44.7. The molecule has 0 bridgehead atoms. The molecule has 1 heterocycles. The van der Waals surface area contributed by atoms with Crippen LogP contribution in [-0.2, 0) is 21.1 Å². The lowest BCUT2D eigenvalue weighted by Gasteiger charge is -2.12. The molecule has 11 nitrogen and oxygen atoms in total. The Kier molecular flexibility index (Phi) is 7.44. The maximum absolute atomic E-state index is 13.7. The molecule has 0 amide bonds. The lowest BCUT2D eigenvalue weighted by Crippen LogP contribution is -2.16. The number of aromatic nitrogens is 2. The summed E-state index contributed by atoms with van der Waals surface area (Å²) >= 11 is 0. The van der Waals surface area contributed by atoms with E-state index in [1.165, 1.54) is 25.8 Å². The molecular formula is C26H23N3O8S. The van der Waals surface area contributed by atoms with Gasteiger partial charge in [0.25, 0.3) is 5.69 Å². The van der Waals surface area contributed by atoms with Crippen LogP contribution in [0.5, 0.6) is 17.4 Å². The number of ether oxygens (including phenoxy) is 3. The number of benzene rings is 3. The average molecular weight is 538 g/mol. The molecule has 0 aliphatic carbocycles. The van der Waals surface area contributed by atoms with Gasteiger partial charge in [0.1, 0.15) is 0 Å². The second-order valence-corrected chi connectivity index (χ2v) is 9.95. The molecule has 0 fully saturated rings. The molecule has 4 rings (SSSR count). The summed E-state index contributed by atoms with van der Waals surface area (Å²) in [5.74, 6) is -0.129. The molecule has 0 aliphatic heterocycles. The first-order chi connectivity index (χ1) is 18.1. The standard InChI is InChI=1S/C26H23N3O8S/c1-17-25(38(33,34)21-12-10-20(11-13-21)29(31)32)26(28(27-17)19-7-5-4-6-8-19)37-24(30)16-18-9-14-22(35-2)23(15-18)36-3/h4-15H,16H2,1-3H3. The molecule has 0 spiro atoms. The van der Waals surface area contributed by atoms with Crippen LogP contribution < -0.4 is 14.2 Å². The van der Waals surface area contributed by atoms with Crippen molar-refractivity contribution in [2.45, 2.75) is 23.1 Å². The lowest BCUT2D eigenvalue weighted by atomic mass is 10.1. The van der Waals surface area contributed by atoms with E-state index in [1.54, 1.807) is 48.5 Å². The van der Waals surface area contributed by atoms with Gasteiger partial charge in [-0.2, -0.15) is 9.78 Å². The van der Waals surface area contributed by atoms with E-state index in [4.69, 9.17) is 14.2 Å². The normalized spacial score (nSPS) is 11.1. The number of rotatable bonds is 9. The molecule has 0 saturated carbocycles. The third kappa shape index (κ3) is 5.20. The van der Waals surface area contributed by atoms with Crippen molar-refractivity contribution in [2.75, 3.05) is 14.2 Å². The van der Waals surface area contributed by atoms with E-state index in [0.717, 1.165) is 24.3 Å². The van der Waals surface area contributed by atoms with Crippen molar-refractivity contribution in [3.05, 3.63) is 94.2 Å². The predicted molar refractivity (Wildman–Crippen MR) is 136 cm³/mol. The lowest BCUT2D eigenvalue weighted by molar-refractivity contribution is -0.384. The number of non-ortho nitro benzene ring substituents is 1. The van der Waals surface area contributed by atoms with Gasteiger partial charge in [0, 0.05) is 12.1 Å². The van der Waals surface area contributed by atoms with E-state index < -0.39 is 20.7 Å². The van der Waals surface area contributed by atoms with Crippen molar-refractivity contribution >= 4 is 21.5 Å². The van der Waals surface area contributed by atoms with E-state index in [0.29, 0.717) is 22.7 Å². The number of aryl methyl sites for hydroxylation is 1. The number of nitro benzene ring substituents is 1. The zero-order valence-corrected chi connectivity index (χ0v) is 21.5. The van der Waals surface area contributed by atoms with Crippen molar-refractivity contribution in [3.63, 3.8) is 0 Å². The fourth-order valence-corrected chi connectivity index (χ4v) is 5.32. The van der Waals surface area contributed by atoms with Crippen LogP contribution in [0.1, 0.15) is 11.3 Å². The summed E-state index contributed by atoms with van der Waals surface area (Å²) in [5.41, 5.74) is 0.841. The van der Waals surface area contributed by atoms with Crippen LogP contribution >= 0.6 is 0 Å². The van der Waals surface area contributed by atoms with Crippen molar-refractivity contribution in [2.24, 2.45) is 0 Å². The van der Waals surface area contributed by atoms with Gasteiger partial charge >= 0.3 is 5.97 Å². The van der Waals surface area contributed by atoms with Gasteiger partial charge in [0.15, 0.2) is 16.4 Å². The van der Waals surface area contributed by atoms with Crippen molar-refractivity contribution in [1.82, 2.24) is 9.78 Å². The minimum Gasteiger partial charge on any atom is -0.493 e. The maximum atomic E-state index is 13.7. The van der Waals surface area contributed by atoms with Crippen LogP contribution in [0.25, 0.3) is 5.69 Å². The Balaban J connectivity index is 1.77. The summed E-state index contributed by atoms with van der Waals surface area (Å²) in [4.78, 5) is 22.9. The predicted octanol–water partition coefficient (Wildman–Crippen LogP) is 4.09. The monoisotopic (exact) mass is 537 g/mol. The van der Waals surface area contributed by atoms with Crippen LogP contribution in [-0.4, -0.2) is 43.3 Å². The van der Waals surface area contributed by atoms with Crippen molar-refractivity contribution in [1.29, 1.82) is 0 Å². The molecule has 196 valence electrons. The first-order valence-electron chi connectivity index (χ1n) is 11.2. The summed E-state index contributed by atoms with van der Waals surface area (Å²) in [7, 11) is -1.33. The van der Waals surface area contributed by atoms with Gasteiger partial charge in [-0.3, -0.25) is 14.9 Å². The van der Waals surface area contributed by atoms with Crippen LogP contribution in [0.15, 0.2) is 82.6 Å². The van der Waals surface area contributed by atoms with E-state index in [-0.39, 0.29) is 33.5 Å². The molecule has 38 heavy (non-hydrogen) atoms. The fourth-order valence-electron chi connectivity index (χ4n) is 3.80. The highest BCUT2D eigenvalue weighted by atomic mass is 32.2. The van der Waals surface area contributed by atoms with E-state index >= 15 is 0 Å². The Labute approximate surface area is 218 Å². The molecule has 1 aromatic heterocycles. The highest BCUT2D eigenvalue weighted by Crippen LogP contribution is 2.35. The zero-order valence-electron chi connectivity index (χ0n) is 20.7. The topological polar surface area (TPSA) is 140 Å². The smallest absolute Gasteiger partial charge is 0.317 e. The molecule has 0 aliphatic rings. The first-order valence-corrected chi connectivity index (χ1v) is 12.7. The van der Waals surface area contributed by atoms with Gasteiger partial charge < -0.3 is 14.2 Å². The summed E-state index contributed by atoms with van der Waals surface area (Å²) in [6.45, 7) is 1.48. The Bertz CT molecular complexity index is 1600. The number of sulfone groups is 1. The SMILES string of the molecule is COc1ccc(CC(=O)Oc2c(S(=O)(=O)c3ccc([N+](=O)[O-])cc3)c(C)nn2-c2ccccc2)cc1OC. The number of para-hydroxylation sites is 1. The number of carbonyl (C=O) groups excluding carboxylic acids is 1. The number of methoxy groups -OCH3 is 2. The van der Waals surface area contributed by atoms with E-state index in [9.17, 15) is 23.3 Å². The van der Waals surface area contributed by atoms with E-state index in [2.05, 4.69) is 5.10 Å². The fraction of sp³-hybridized carbons (Fsp3) is 0.154. The molecule has 12 heteroatoms. The highest BCUT2D eigenvalue weighted by molar-refractivity contribution is 7.91. The molecule has 0 saturated heterocycles. The van der Waals surface area contributed by atoms with Gasteiger partial charge in [0.05, 0.1) is 41.8 Å². The number of nitrogens with zero attached hydrogens (tertiary/aromatic N) is 3. The number of hydrogen-bond donors (Lipinski definition) is 0. The van der Waals surface area contributed by atoms with Crippen molar-refractivity contribution < 1.29 is 32.3 Å². The quantitative estimate of drug-likeness (QED) is 0.175. The van der Waals surface area contributed by atoms with Gasteiger partial charge in [-0.15, -0.1) is 0 Å². The summed E-state index contributed by atoms with van der Waals surface area (Å²) in [5, 5.41) is 15.4. The number of esters is 1. The van der Waals surface area contributed by atoms with Gasteiger partial charge in [0.2, 0.25) is 15.7 Å². The van der Waals surface area contributed by atoms with Gasteiger partial charge in [-0.25, -0.2) is 8.42 Å². The molecule has 0 radical (unpaired) electrons. The highest BCUT2D eigenvalue weighted by Gasteiger charge is 2.32. The second kappa shape index (κ2) is 10.7. The van der Waals surface area contributed by atoms with Crippen LogP contribution in [0.2, 0.25) is 0 Å². The Hall–Kier alpha value is -4.71. The summed E-state index contributed by atoms with van der Waals surface area (Å²) in [6.07, 6.45) is -0.198. The minimum absolute atomic E-state index is 0.0844. The van der Waals surface area contributed by atoms with Gasteiger partial charge in [-0.1, -0.05) is 24.3 Å². The Morgan fingerprint density at radius 3 is 2.24 bits per heavy atom. The zero-order chi connectivity index (χ0) is 27.4. The van der Waals surface area contributed by atoms with Crippen LogP contribution in [0.4, 0.5) is 5.69 Å². The molecule has 0 unspecified atom stereocenters. The summed E-state index contributed by atoms with van der Waals surface area (Å²) in [6, 6.07) is 18.0. The van der Waals surface area contributed by atoms with Crippen molar-refractivity contribution in [3.8, 4) is 23.1 Å². The Morgan fingerprint density at radius 1 is 0.974 bits per heavy atom. The minimum atomic E-state index is -4.29. The molecule has 0 atom stereocenters. The van der Waals surface area contributed by atoms with E-state index in [1.807, 2.05) is 0 Å².